The second kappa shape index (κ2) is 7.91. The predicted molar refractivity (Wildman–Crippen MR) is 102 cm³/mol. The first-order valence-electron chi connectivity index (χ1n) is 8.72. The molecule has 26 heavy (non-hydrogen) atoms. The predicted octanol–water partition coefficient (Wildman–Crippen LogP) is 3.04. The van der Waals surface area contributed by atoms with Crippen LogP contribution in [0.3, 0.4) is 0 Å². The van der Waals surface area contributed by atoms with Crippen LogP contribution in [0.1, 0.15) is 40.0 Å². The van der Waals surface area contributed by atoms with E-state index in [-0.39, 0.29) is 5.91 Å². The van der Waals surface area contributed by atoms with Crippen LogP contribution >= 0.6 is 0 Å². The van der Waals surface area contributed by atoms with Crippen LogP contribution in [-0.2, 0) is 0 Å². The maximum atomic E-state index is 12.7. The van der Waals surface area contributed by atoms with Crippen molar-refractivity contribution in [1.29, 1.82) is 0 Å². The Balaban J connectivity index is 1.91. The van der Waals surface area contributed by atoms with Gasteiger partial charge in [0.1, 0.15) is 5.75 Å². The van der Waals surface area contributed by atoms with Crippen molar-refractivity contribution in [2.75, 3.05) is 30.4 Å². The third kappa shape index (κ3) is 3.96. The summed E-state index contributed by atoms with van der Waals surface area (Å²) < 4.78 is 5.18. The van der Waals surface area contributed by atoms with E-state index < -0.39 is 5.91 Å². The van der Waals surface area contributed by atoms with E-state index in [0.717, 1.165) is 31.6 Å². The second-order valence-corrected chi connectivity index (χ2v) is 6.33. The van der Waals surface area contributed by atoms with E-state index in [1.807, 2.05) is 6.07 Å². The molecule has 2 aromatic rings. The van der Waals surface area contributed by atoms with Gasteiger partial charge in [-0.05, 0) is 55.7 Å². The molecular weight excluding hydrogens is 330 g/mol. The molecule has 6 nitrogen and oxygen atoms in total. The van der Waals surface area contributed by atoms with Gasteiger partial charge in [-0.1, -0.05) is 6.07 Å². The van der Waals surface area contributed by atoms with E-state index in [0.29, 0.717) is 22.6 Å². The van der Waals surface area contributed by atoms with E-state index in [9.17, 15) is 9.59 Å². The number of piperidine rings is 1. The van der Waals surface area contributed by atoms with Gasteiger partial charge in [0, 0.05) is 24.2 Å². The number of nitrogens with zero attached hydrogens (tertiary/aromatic N) is 1. The molecule has 3 rings (SSSR count). The molecule has 1 aliphatic heterocycles. The molecule has 1 fully saturated rings. The molecular formula is C20H23N3O3. The number of hydrogen-bond donors (Lipinski definition) is 2. The number of amides is 2. The smallest absolute Gasteiger partial charge is 0.255 e. The Kier molecular flexibility index (Phi) is 5.41. The van der Waals surface area contributed by atoms with Crippen molar-refractivity contribution in [2.45, 2.75) is 19.3 Å². The lowest BCUT2D eigenvalue weighted by Gasteiger charge is -2.30. The van der Waals surface area contributed by atoms with Gasteiger partial charge < -0.3 is 20.7 Å². The Morgan fingerprint density at radius 1 is 1.04 bits per heavy atom. The Morgan fingerprint density at radius 2 is 1.81 bits per heavy atom. The maximum absolute atomic E-state index is 12.7. The van der Waals surface area contributed by atoms with Crippen LogP contribution in [0.2, 0.25) is 0 Å². The van der Waals surface area contributed by atoms with Gasteiger partial charge in [-0.15, -0.1) is 0 Å². The van der Waals surface area contributed by atoms with Crippen LogP contribution < -0.4 is 20.7 Å². The third-order valence-corrected chi connectivity index (χ3v) is 4.56. The standard InChI is InChI=1S/C20H23N3O3/c1-26-16-7-5-6-15(12-16)20(25)22-17-13-14(19(21)24)8-9-18(17)23-10-3-2-4-11-23/h5-9,12-13H,2-4,10-11H2,1H3,(H2,21,24)(H,22,25). The lowest BCUT2D eigenvalue weighted by Crippen LogP contribution is -2.30. The number of ether oxygens (including phenoxy) is 1. The summed E-state index contributed by atoms with van der Waals surface area (Å²) in [5, 5.41) is 2.93. The summed E-state index contributed by atoms with van der Waals surface area (Å²) in [6.45, 7) is 1.86. The summed E-state index contributed by atoms with van der Waals surface area (Å²) in [7, 11) is 1.56. The molecule has 2 aromatic carbocycles. The molecule has 6 heteroatoms. The largest absolute Gasteiger partial charge is 0.497 e. The number of methoxy groups -OCH3 is 1. The van der Waals surface area contributed by atoms with Gasteiger partial charge in [-0.3, -0.25) is 9.59 Å². The Morgan fingerprint density at radius 3 is 2.50 bits per heavy atom. The number of hydrogen-bond acceptors (Lipinski definition) is 4. The Labute approximate surface area is 152 Å². The number of carbonyl (C=O) groups excluding carboxylic acids is 2. The molecule has 0 atom stereocenters. The van der Waals surface area contributed by atoms with Crippen LogP contribution in [0.15, 0.2) is 42.5 Å². The van der Waals surface area contributed by atoms with Crippen molar-refractivity contribution in [3.05, 3.63) is 53.6 Å². The molecule has 1 saturated heterocycles. The molecule has 1 aliphatic rings. The third-order valence-electron chi connectivity index (χ3n) is 4.56. The first kappa shape index (κ1) is 17.8. The molecule has 0 saturated carbocycles. The van der Waals surface area contributed by atoms with Crippen LogP contribution in [0, 0.1) is 0 Å². The monoisotopic (exact) mass is 353 g/mol. The molecule has 0 radical (unpaired) electrons. The number of anilines is 2. The molecule has 3 N–H and O–H groups in total. The van der Waals surface area contributed by atoms with Gasteiger partial charge in [0.25, 0.3) is 5.91 Å². The normalized spacial score (nSPS) is 14.0. The second-order valence-electron chi connectivity index (χ2n) is 6.33. The van der Waals surface area contributed by atoms with E-state index in [1.165, 1.54) is 6.42 Å². The highest BCUT2D eigenvalue weighted by Gasteiger charge is 2.18. The van der Waals surface area contributed by atoms with E-state index in [2.05, 4.69) is 10.2 Å². The van der Waals surface area contributed by atoms with E-state index >= 15 is 0 Å². The molecule has 1 heterocycles. The van der Waals surface area contributed by atoms with Crippen molar-refractivity contribution in [1.82, 2.24) is 0 Å². The van der Waals surface area contributed by atoms with Crippen molar-refractivity contribution >= 4 is 23.2 Å². The SMILES string of the molecule is COc1cccc(C(=O)Nc2cc(C(N)=O)ccc2N2CCCCC2)c1. The molecule has 136 valence electrons. The lowest BCUT2D eigenvalue weighted by molar-refractivity contribution is 0.0996. The minimum absolute atomic E-state index is 0.260. The summed E-state index contributed by atoms with van der Waals surface area (Å²) in [4.78, 5) is 26.5. The average molecular weight is 353 g/mol. The molecule has 0 aromatic heterocycles. The zero-order valence-electron chi connectivity index (χ0n) is 14.8. The fraction of sp³-hybridized carbons (Fsp3) is 0.300. The number of nitrogens with one attached hydrogen (secondary N) is 1. The maximum Gasteiger partial charge on any atom is 0.255 e. The number of benzene rings is 2. The minimum Gasteiger partial charge on any atom is -0.497 e. The Bertz CT molecular complexity index is 814. The van der Waals surface area contributed by atoms with Crippen molar-refractivity contribution < 1.29 is 14.3 Å². The molecule has 0 bridgehead atoms. The zero-order valence-corrected chi connectivity index (χ0v) is 14.8. The van der Waals surface area contributed by atoms with Crippen LogP contribution in [-0.4, -0.2) is 32.0 Å². The average Bonchev–Trinajstić information content (AvgIpc) is 2.68. The summed E-state index contributed by atoms with van der Waals surface area (Å²) in [5.74, 6) is -0.171. The van der Waals surface area contributed by atoms with Crippen molar-refractivity contribution in [2.24, 2.45) is 5.73 Å². The van der Waals surface area contributed by atoms with E-state index in [4.69, 9.17) is 10.5 Å². The van der Waals surface area contributed by atoms with Gasteiger partial charge in [0.05, 0.1) is 18.5 Å². The zero-order chi connectivity index (χ0) is 18.5. The summed E-state index contributed by atoms with van der Waals surface area (Å²) in [6.07, 6.45) is 3.43. The molecule has 2 amide bonds. The molecule has 0 spiro atoms. The highest BCUT2D eigenvalue weighted by Crippen LogP contribution is 2.30. The highest BCUT2D eigenvalue weighted by molar-refractivity contribution is 6.07. The number of carbonyl (C=O) groups is 2. The number of nitrogens with two attached hydrogens (primary N) is 1. The van der Waals surface area contributed by atoms with Crippen molar-refractivity contribution in [3.63, 3.8) is 0 Å². The van der Waals surface area contributed by atoms with Crippen LogP contribution in [0.25, 0.3) is 0 Å². The van der Waals surface area contributed by atoms with Gasteiger partial charge >= 0.3 is 0 Å². The molecule has 0 aliphatic carbocycles. The van der Waals surface area contributed by atoms with Crippen LogP contribution in [0.5, 0.6) is 5.75 Å². The van der Waals surface area contributed by atoms with Gasteiger partial charge in [-0.25, -0.2) is 0 Å². The first-order valence-corrected chi connectivity index (χ1v) is 8.72. The number of rotatable bonds is 5. The van der Waals surface area contributed by atoms with Gasteiger partial charge in [-0.2, -0.15) is 0 Å². The lowest BCUT2D eigenvalue weighted by atomic mass is 10.1. The number of primary amides is 1. The summed E-state index contributed by atoms with van der Waals surface area (Å²) in [6, 6.07) is 12.1. The quantitative estimate of drug-likeness (QED) is 0.865. The topological polar surface area (TPSA) is 84.7 Å². The summed E-state index contributed by atoms with van der Waals surface area (Å²) >= 11 is 0. The first-order chi connectivity index (χ1) is 12.6. The minimum atomic E-state index is -0.521. The van der Waals surface area contributed by atoms with Crippen molar-refractivity contribution in [3.8, 4) is 5.75 Å². The fourth-order valence-electron chi connectivity index (χ4n) is 3.16. The Hall–Kier alpha value is -3.02. The van der Waals surface area contributed by atoms with Gasteiger partial charge in [0.2, 0.25) is 5.91 Å². The fourth-order valence-corrected chi connectivity index (χ4v) is 3.16. The summed E-state index contributed by atoms with van der Waals surface area (Å²) in [5.41, 5.74) is 7.76. The van der Waals surface area contributed by atoms with E-state index in [1.54, 1.807) is 43.5 Å². The molecule has 0 unspecified atom stereocenters. The van der Waals surface area contributed by atoms with Gasteiger partial charge in [0.15, 0.2) is 0 Å². The van der Waals surface area contributed by atoms with Crippen LogP contribution in [0.4, 0.5) is 11.4 Å². The highest BCUT2D eigenvalue weighted by atomic mass is 16.5.